The van der Waals surface area contributed by atoms with Gasteiger partial charge in [0, 0.05) is 35.1 Å². The van der Waals surface area contributed by atoms with E-state index in [1.54, 1.807) is 0 Å². The number of rotatable bonds is 10. The molecule has 0 saturated carbocycles. The standard InChI is InChI=1S/C27H37N5O2/c1-5-6-8-20-16-23(11-12-24(20)26(34)32-27-28-13-14-29-27)31-22-10-7-9-21(17-22)25(33)30-19(4)15-18(2)3/h7,9-12,16-19,31H,5-6,8,13-15H2,1-4H3,(H,30,33)(H2,28,29,32,34). The third kappa shape index (κ3) is 7.33. The zero-order chi connectivity index (χ0) is 24.5. The van der Waals surface area contributed by atoms with Crippen LogP contribution in [0, 0.1) is 5.92 Å². The van der Waals surface area contributed by atoms with Gasteiger partial charge in [0.25, 0.3) is 11.8 Å². The second-order valence-electron chi connectivity index (χ2n) is 9.30. The first-order chi connectivity index (χ1) is 16.4. The van der Waals surface area contributed by atoms with Gasteiger partial charge in [0.15, 0.2) is 5.96 Å². The summed E-state index contributed by atoms with van der Waals surface area (Å²) in [6.45, 7) is 9.89. The van der Waals surface area contributed by atoms with E-state index in [4.69, 9.17) is 0 Å². The highest BCUT2D eigenvalue weighted by Gasteiger charge is 2.16. The second kappa shape index (κ2) is 12.2. The summed E-state index contributed by atoms with van der Waals surface area (Å²) in [5.41, 5.74) is 3.96. The number of hydrogen-bond acceptors (Lipinski definition) is 5. The summed E-state index contributed by atoms with van der Waals surface area (Å²) in [6.07, 6.45) is 3.78. The smallest absolute Gasteiger partial charge is 0.258 e. The molecule has 0 aromatic heterocycles. The van der Waals surface area contributed by atoms with Gasteiger partial charge in [-0.2, -0.15) is 0 Å². The van der Waals surface area contributed by atoms with Gasteiger partial charge in [-0.25, -0.2) is 0 Å². The molecule has 2 aromatic carbocycles. The maximum atomic E-state index is 12.8. The molecule has 182 valence electrons. The molecule has 0 bridgehead atoms. The molecular weight excluding hydrogens is 426 g/mol. The second-order valence-corrected chi connectivity index (χ2v) is 9.30. The van der Waals surface area contributed by atoms with Crippen LogP contribution in [-0.2, 0) is 6.42 Å². The van der Waals surface area contributed by atoms with Gasteiger partial charge in [0.2, 0.25) is 0 Å². The van der Waals surface area contributed by atoms with E-state index in [2.05, 4.69) is 47.0 Å². The van der Waals surface area contributed by atoms with E-state index in [0.717, 1.165) is 49.2 Å². The van der Waals surface area contributed by atoms with E-state index >= 15 is 0 Å². The Morgan fingerprint density at radius 2 is 1.85 bits per heavy atom. The first kappa shape index (κ1) is 25.3. The number of nitrogens with zero attached hydrogens (tertiary/aromatic N) is 1. The molecule has 2 aromatic rings. The molecule has 1 aliphatic rings. The van der Waals surface area contributed by atoms with E-state index in [-0.39, 0.29) is 17.9 Å². The zero-order valence-corrected chi connectivity index (χ0v) is 20.7. The van der Waals surface area contributed by atoms with E-state index in [0.29, 0.717) is 29.5 Å². The van der Waals surface area contributed by atoms with Gasteiger partial charge in [-0.15, -0.1) is 0 Å². The van der Waals surface area contributed by atoms with Crippen molar-refractivity contribution in [1.82, 2.24) is 16.0 Å². The van der Waals surface area contributed by atoms with Gasteiger partial charge in [-0.3, -0.25) is 19.9 Å². The molecule has 7 nitrogen and oxygen atoms in total. The SMILES string of the molecule is CCCCc1cc(Nc2cccc(C(=O)NC(C)CC(C)C)c2)ccc1C(=O)NC1=NCCN1. The Morgan fingerprint density at radius 3 is 2.56 bits per heavy atom. The molecule has 0 aliphatic carbocycles. The van der Waals surface area contributed by atoms with Crippen LogP contribution in [0.1, 0.15) is 73.2 Å². The average molecular weight is 464 g/mol. The molecule has 34 heavy (non-hydrogen) atoms. The third-order valence-electron chi connectivity index (χ3n) is 5.67. The maximum absolute atomic E-state index is 12.8. The molecule has 0 radical (unpaired) electrons. The van der Waals surface area contributed by atoms with Gasteiger partial charge in [0.1, 0.15) is 0 Å². The van der Waals surface area contributed by atoms with Crippen molar-refractivity contribution < 1.29 is 9.59 Å². The van der Waals surface area contributed by atoms with Crippen LogP contribution in [0.15, 0.2) is 47.5 Å². The molecule has 4 N–H and O–H groups in total. The van der Waals surface area contributed by atoms with Crippen molar-refractivity contribution >= 4 is 29.1 Å². The monoisotopic (exact) mass is 463 g/mol. The summed E-state index contributed by atoms with van der Waals surface area (Å²) in [6, 6.07) is 13.4. The lowest BCUT2D eigenvalue weighted by molar-refractivity contribution is 0.0934. The van der Waals surface area contributed by atoms with Crippen molar-refractivity contribution in [3.63, 3.8) is 0 Å². The molecule has 0 spiro atoms. The molecule has 2 amide bonds. The van der Waals surface area contributed by atoms with E-state index < -0.39 is 0 Å². The minimum Gasteiger partial charge on any atom is -0.355 e. The molecule has 0 saturated heterocycles. The quantitative estimate of drug-likeness (QED) is 0.413. The molecule has 1 heterocycles. The first-order valence-corrected chi connectivity index (χ1v) is 12.3. The number of carbonyl (C=O) groups is 2. The minimum atomic E-state index is -0.153. The Labute approximate surface area is 202 Å². The van der Waals surface area contributed by atoms with Crippen molar-refractivity contribution in [2.45, 2.75) is 59.4 Å². The fourth-order valence-corrected chi connectivity index (χ4v) is 4.10. The van der Waals surface area contributed by atoms with E-state index in [1.165, 1.54) is 0 Å². The fourth-order valence-electron chi connectivity index (χ4n) is 4.10. The Bertz CT molecular complexity index is 1030. The Hall–Kier alpha value is -3.35. The molecule has 1 atom stereocenters. The predicted molar refractivity (Wildman–Crippen MR) is 139 cm³/mol. The van der Waals surface area contributed by atoms with Crippen LogP contribution >= 0.6 is 0 Å². The summed E-state index contributed by atoms with van der Waals surface area (Å²) >= 11 is 0. The number of guanidine groups is 1. The maximum Gasteiger partial charge on any atom is 0.258 e. The van der Waals surface area contributed by atoms with E-state index in [9.17, 15) is 9.59 Å². The number of aliphatic imine (C=N–C) groups is 1. The van der Waals surface area contributed by atoms with Gasteiger partial charge in [-0.05, 0) is 74.1 Å². The number of carbonyl (C=O) groups excluding carboxylic acids is 2. The van der Waals surface area contributed by atoms with Crippen LogP contribution in [0.2, 0.25) is 0 Å². The van der Waals surface area contributed by atoms with Crippen LogP contribution in [-0.4, -0.2) is 36.9 Å². The molecule has 1 aliphatic heterocycles. The van der Waals surface area contributed by atoms with Gasteiger partial charge in [-0.1, -0.05) is 33.3 Å². The minimum absolute atomic E-state index is 0.0732. The fraction of sp³-hybridized carbons (Fsp3) is 0.444. The molecule has 7 heteroatoms. The van der Waals surface area contributed by atoms with Crippen molar-refractivity contribution in [1.29, 1.82) is 0 Å². The molecular formula is C27H37N5O2. The highest BCUT2D eigenvalue weighted by molar-refractivity contribution is 6.07. The number of amides is 2. The van der Waals surface area contributed by atoms with Crippen molar-refractivity contribution in [2.75, 3.05) is 18.4 Å². The number of benzene rings is 2. The van der Waals surface area contributed by atoms with Crippen LogP contribution in [0.3, 0.4) is 0 Å². The molecule has 3 rings (SSSR count). The largest absolute Gasteiger partial charge is 0.355 e. The highest BCUT2D eigenvalue weighted by Crippen LogP contribution is 2.23. The van der Waals surface area contributed by atoms with Gasteiger partial charge >= 0.3 is 0 Å². The van der Waals surface area contributed by atoms with Crippen molar-refractivity contribution in [3.05, 3.63) is 59.2 Å². The Morgan fingerprint density at radius 1 is 1.06 bits per heavy atom. The average Bonchev–Trinajstić information content (AvgIpc) is 3.30. The molecule has 0 fully saturated rings. The summed E-state index contributed by atoms with van der Waals surface area (Å²) in [7, 11) is 0. The van der Waals surface area contributed by atoms with Crippen LogP contribution < -0.4 is 21.3 Å². The highest BCUT2D eigenvalue weighted by atomic mass is 16.2. The van der Waals surface area contributed by atoms with Crippen molar-refractivity contribution in [3.8, 4) is 0 Å². The van der Waals surface area contributed by atoms with Crippen LogP contribution in [0.5, 0.6) is 0 Å². The summed E-state index contributed by atoms with van der Waals surface area (Å²) in [5, 5.41) is 12.4. The lowest BCUT2D eigenvalue weighted by Crippen LogP contribution is -2.38. The normalized spacial score (nSPS) is 13.7. The number of unbranched alkanes of at least 4 members (excludes halogenated alkanes) is 1. The summed E-state index contributed by atoms with van der Waals surface area (Å²) in [4.78, 5) is 29.8. The lowest BCUT2D eigenvalue weighted by Gasteiger charge is -2.17. The Balaban J connectivity index is 1.73. The molecule has 1 unspecified atom stereocenters. The number of nitrogens with one attached hydrogen (secondary N) is 4. The number of hydrogen-bond donors (Lipinski definition) is 4. The van der Waals surface area contributed by atoms with Gasteiger partial charge < -0.3 is 16.0 Å². The topological polar surface area (TPSA) is 94.6 Å². The first-order valence-electron chi connectivity index (χ1n) is 12.3. The van der Waals surface area contributed by atoms with Crippen LogP contribution in [0.4, 0.5) is 11.4 Å². The van der Waals surface area contributed by atoms with Crippen molar-refractivity contribution in [2.24, 2.45) is 10.9 Å². The third-order valence-corrected chi connectivity index (χ3v) is 5.67. The van der Waals surface area contributed by atoms with Crippen LogP contribution in [0.25, 0.3) is 0 Å². The zero-order valence-electron chi connectivity index (χ0n) is 20.7. The van der Waals surface area contributed by atoms with Gasteiger partial charge in [0.05, 0.1) is 6.54 Å². The number of anilines is 2. The summed E-state index contributed by atoms with van der Waals surface area (Å²) in [5.74, 6) is 0.833. The summed E-state index contributed by atoms with van der Waals surface area (Å²) < 4.78 is 0. The predicted octanol–water partition coefficient (Wildman–Crippen LogP) is 4.63. The van der Waals surface area contributed by atoms with E-state index in [1.807, 2.05) is 49.4 Å². The number of aryl methyl sites for hydroxylation is 1. The Kier molecular flexibility index (Phi) is 9.08. The lowest BCUT2D eigenvalue weighted by atomic mass is 10.00.